The van der Waals surface area contributed by atoms with E-state index in [-0.39, 0.29) is 36.0 Å². The monoisotopic (exact) mass is 470 g/mol. The van der Waals surface area contributed by atoms with Crippen molar-refractivity contribution in [1.82, 2.24) is 20.0 Å². The van der Waals surface area contributed by atoms with E-state index >= 15 is 0 Å². The molecule has 0 spiro atoms. The van der Waals surface area contributed by atoms with Crippen molar-refractivity contribution in [2.24, 2.45) is 11.8 Å². The van der Waals surface area contributed by atoms with E-state index < -0.39 is 11.4 Å². The summed E-state index contributed by atoms with van der Waals surface area (Å²) in [6.07, 6.45) is 2.56. The number of carbonyl (C=O) groups excluding carboxylic acids is 4. The molecule has 2 aliphatic heterocycles. The van der Waals surface area contributed by atoms with Crippen LogP contribution in [0.5, 0.6) is 0 Å². The number of nitrogens with zero attached hydrogens (tertiary/aromatic N) is 3. The summed E-state index contributed by atoms with van der Waals surface area (Å²) >= 11 is 0. The van der Waals surface area contributed by atoms with Gasteiger partial charge in [0.05, 0.1) is 0 Å². The molecule has 0 bridgehead atoms. The molecule has 2 fully saturated rings. The van der Waals surface area contributed by atoms with Gasteiger partial charge in [0.15, 0.2) is 0 Å². The summed E-state index contributed by atoms with van der Waals surface area (Å²) in [5, 5.41) is 3.07. The molecule has 186 valence electrons. The Balaban J connectivity index is 1.76. The minimum absolute atomic E-state index is 0.0960. The molecule has 1 atom stereocenters. The van der Waals surface area contributed by atoms with Gasteiger partial charge in [0.2, 0.25) is 5.78 Å². The molecule has 4 amide bonds. The van der Waals surface area contributed by atoms with Crippen LogP contribution in [0.1, 0.15) is 45.1 Å². The van der Waals surface area contributed by atoms with Crippen LogP contribution in [0.15, 0.2) is 30.3 Å². The zero-order chi connectivity index (χ0) is 24.9. The number of likely N-dealkylation sites (tertiary alicyclic amines) is 1. The normalized spacial score (nSPS) is 21.5. The smallest absolute Gasteiger partial charge is 0.325 e. The first-order valence-corrected chi connectivity index (χ1v) is 12.3. The van der Waals surface area contributed by atoms with Crippen molar-refractivity contribution >= 4 is 23.6 Å². The van der Waals surface area contributed by atoms with E-state index in [2.05, 4.69) is 5.32 Å². The standard InChI is InChI=1S/C26H38N4O4/c1-19(2)18-22(31)23(32)29-14-11-21(12-15-29)26(13-10-20-8-6-5-7-9-20)24(33)30(25(34)27-26)17-16-28(3)4/h5-9,19,21H,10-18H2,1-4H3,(H,27,34)/t26-/m1/s1. The number of amides is 4. The number of Topliss-reactive ketones (excluding diaryl/α,β-unsaturated/α-hetero) is 1. The average Bonchev–Trinajstić information content (AvgIpc) is 3.05. The van der Waals surface area contributed by atoms with Gasteiger partial charge in [-0.3, -0.25) is 19.3 Å². The van der Waals surface area contributed by atoms with E-state index in [1.54, 1.807) is 4.90 Å². The van der Waals surface area contributed by atoms with Crippen LogP contribution in [-0.4, -0.2) is 84.1 Å². The maximum atomic E-state index is 13.7. The third-order valence-electron chi connectivity index (χ3n) is 6.93. The molecule has 0 unspecified atom stereocenters. The Hall–Kier alpha value is -2.74. The number of benzene rings is 1. The summed E-state index contributed by atoms with van der Waals surface area (Å²) in [5.74, 6) is -0.917. The number of piperidine rings is 1. The molecule has 2 aliphatic rings. The first-order valence-electron chi connectivity index (χ1n) is 12.3. The number of hydrogen-bond acceptors (Lipinski definition) is 5. The van der Waals surface area contributed by atoms with Gasteiger partial charge in [0, 0.05) is 32.6 Å². The zero-order valence-electron chi connectivity index (χ0n) is 20.9. The molecule has 0 aliphatic carbocycles. The van der Waals surface area contributed by atoms with Crippen molar-refractivity contribution in [3.05, 3.63) is 35.9 Å². The Morgan fingerprint density at radius 2 is 1.76 bits per heavy atom. The first kappa shape index (κ1) is 25.9. The molecule has 0 aromatic heterocycles. The Labute approximate surface area is 202 Å². The highest BCUT2D eigenvalue weighted by Gasteiger charge is 2.55. The highest BCUT2D eigenvalue weighted by atomic mass is 16.2. The van der Waals surface area contributed by atoms with Crippen molar-refractivity contribution < 1.29 is 19.2 Å². The molecule has 2 heterocycles. The Bertz CT molecular complexity index is 893. The lowest BCUT2D eigenvalue weighted by Crippen LogP contribution is -2.57. The van der Waals surface area contributed by atoms with Crippen LogP contribution in [0, 0.1) is 11.8 Å². The van der Waals surface area contributed by atoms with E-state index in [1.807, 2.05) is 63.2 Å². The van der Waals surface area contributed by atoms with Gasteiger partial charge in [-0.1, -0.05) is 44.2 Å². The number of hydrogen-bond donors (Lipinski definition) is 1. The average molecular weight is 471 g/mol. The lowest BCUT2D eigenvalue weighted by molar-refractivity contribution is -0.146. The maximum absolute atomic E-state index is 13.7. The number of urea groups is 1. The van der Waals surface area contributed by atoms with E-state index in [0.29, 0.717) is 51.9 Å². The third kappa shape index (κ3) is 5.84. The van der Waals surface area contributed by atoms with Gasteiger partial charge < -0.3 is 15.1 Å². The van der Waals surface area contributed by atoms with Crippen LogP contribution in [0.4, 0.5) is 4.79 Å². The Morgan fingerprint density at radius 1 is 1.12 bits per heavy atom. The first-order chi connectivity index (χ1) is 16.1. The topological polar surface area (TPSA) is 90.0 Å². The number of aryl methyl sites for hydroxylation is 1. The third-order valence-corrected chi connectivity index (χ3v) is 6.93. The van der Waals surface area contributed by atoms with E-state index in [4.69, 9.17) is 0 Å². The SMILES string of the molecule is CC(C)CC(=O)C(=O)N1CCC([C@@]2(CCc3ccccc3)NC(=O)N(CCN(C)C)C2=O)CC1. The van der Waals surface area contributed by atoms with Gasteiger partial charge in [-0.05, 0) is 57.2 Å². The number of likely N-dealkylation sites (N-methyl/N-ethyl adjacent to an activating group) is 1. The number of ketones is 1. The molecule has 8 heteroatoms. The molecule has 1 aromatic carbocycles. The Morgan fingerprint density at radius 3 is 2.35 bits per heavy atom. The molecule has 1 N–H and O–H groups in total. The van der Waals surface area contributed by atoms with Gasteiger partial charge in [0.1, 0.15) is 5.54 Å². The summed E-state index contributed by atoms with van der Waals surface area (Å²) in [6.45, 7) is 5.61. The summed E-state index contributed by atoms with van der Waals surface area (Å²) in [5.41, 5.74) is 0.124. The van der Waals surface area contributed by atoms with Crippen molar-refractivity contribution in [2.75, 3.05) is 40.3 Å². The molecule has 1 aromatic rings. The van der Waals surface area contributed by atoms with Crippen LogP contribution >= 0.6 is 0 Å². The van der Waals surface area contributed by atoms with Crippen LogP contribution < -0.4 is 5.32 Å². The largest absolute Gasteiger partial charge is 0.336 e. The highest BCUT2D eigenvalue weighted by Crippen LogP contribution is 2.37. The van der Waals surface area contributed by atoms with Gasteiger partial charge in [-0.25, -0.2) is 4.79 Å². The van der Waals surface area contributed by atoms with Gasteiger partial charge in [0.25, 0.3) is 11.8 Å². The molecule has 0 radical (unpaired) electrons. The Kier molecular flexibility index (Phi) is 8.47. The fourth-order valence-corrected chi connectivity index (χ4v) is 4.99. The fraction of sp³-hybridized carbons (Fsp3) is 0.615. The van der Waals surface area contributed by atoms with Gasteiger partial charge in [-0.2, -0.15) is 0 Å². The molecule has 8 nitrogen and oxygen atoms in total. The summed E-state index contributed by atoms with van der Waals surface area (Å²) in [6, 6.07) is 9.61. The molecule has 34 heavy (non-hydrogen) atoms. The molecule has 3 rings (SSSR count). The van der Waals surface area contributed by atoms with Gasteiger partial charge in [-0.15, -0.1) is 0 Å². The van der Waals surface area contributed by atoms with Crippen LogP contribution in [0.3, 0.4) is 0 Å². The van der Waals surface area contributed by atoms with E-state index in [1.165, 1.54) is 4.90 Å². The van der Waals surface area contributed by atoms with Crippen LogP contribution in [0.2, 0.25) is 0 Å². The van der Waals surface area contributed by atoms with Crippen molar-refractivity contribution in [3.63, 3.8) is 0 Å². The minimum Gasteiger partial charge on any atom is -0.336 e. The summed E-state index contributed by atoms with van der Waals surface area (Å²) in [4.78, 5) is 56.4. The van der Waals surface area contributed by atoms with E-state index in [0.717, 1.165) is 5.56 Å². The summed E-state index contributed by atoms with van der Waals surface area (Å²) < 4.78 is 0. The number of rotatable bonds is 10. The predicted molar refractivity (Wildman–Crippen MR) is 130 cm³/mol. The number of carbonyl (C=O) groups is 4. The van der Waals surface area contributed by atoms with Crippen molar-refractivity contribution in [2.45, 2.75) is 51.5 Å². The second-order valence-corrected chi connectivity index (χ2v) is 10.2. The molecule has 0 saturated carbocycles. The van der Waals surface area contributed by atoms with Crippen molar-refractivity contribution in [1.29, 1.82) is 0 Å². The fourth-order valence-electron chi connectivity index (χ4n) is 4.99. The van der Waals surface area contributed by atoms with Crippen molar-refractivity contribution in [3.8, 4) is 0 Å². The predicted octanol–water partition coefficient (Wildman–Crippen LogP) is 2.33. The summed E-state index contributed by atoms with van der Waals surface area (Å²) in [7, 11) is 3.82. The molecule has 2 saturated heterocycles. The molecular weight excluding hydrogens is 432 g/mol. The number of imide groups is 1. The maximum Gasteiger partial charge on any atom is 0.325 e. The lowest BCUT2D eigenvalue weighted by Gasteiger charge is -2.41. The quantitative estimate of drug-likeness (QED) is 0.419. The lowest BCUT2D eigenvalue weighted by atomic mass is 9.74. The van der Waals surface area contributed by atoms with Crippen LogP contribution in [0.25, 0.3) is 0 Å². The van der Waals surface area contributed by atoms with E-state index in [9.17, 15) is 19.2 Å². The second-order valence-electron chi connectivity index (χ2n) is 10.2. The van der Waals surface area contributed by atoms with Gasteiger partial charge >= 0.3 is 6.03 Å². The van der Waals surface area contributed by atoms with Crippen LogP contribution in [-0.2, 0) is 20.8 Å². The highest BCUT2D eigenvalue weighted by molar-refractivity contribution is 6.36. The molecular formula is C26H38N4O4. The second kappa shape index (κ2) is 11.1. The zero-order valence-corrected chi connectivity index (χ0v) is 20.9. The number of nitrogens with one attached hydrogen (secondary N) is 1. The minimum atomic E-state index is -0.990.